The van der Waals surface area contributed by atoms with Gasteiger partial charge in [0.2, 0.25) is 11.0 Å². The molecule has 1 fully saturated rings. The first-order valence-electron chi connectivity index (χ1n) is 10.3. The van der Waals surface area contributed by atoms with Gasteiger partial charge in [-0.1, -0.05) is 29.5 Å². The number of aromatic nitrogens is 2. The van der Waals surface area contributed by atoms with Gasteiger partial charge >= 0.3 is 0 Å². The summed E-state index contributed by atoms with van der Waals surface area (Å²) in [5, 5.41) is 25.3. The number of nitrogens with zero attached hydrogens (tertiary/aromatic N) is 3. The second-order valence-corrected chi connectivity index (χ2v) is 11.2. The van der Waals surface area contributed by atoms with E-state index in [2.05, 4.69) is 26.9 Å². The first-order valence-corrected chi connectivity index (χ1v) is 12.9. The number of nitriles is 1. The average molecular weight is 464 g/mol. The van der Waals surface area contributed by atoms with Crippen LogP contribution in [0.3, 0.4) is 0 Å². The minimum Gasteiger partial charge on any atom is -0.376 e. The van der Waals surface area contributed by atoms with Crippen LogP contribution in [0.1, 0.15) is 55.0 Å². The Morgan fingerprint density at radius 1 is 1.30 bits per heavy atom. The van der Waals surface area contributed by atoms with Crippen molar-refractivity contribution in [2.24, 2.45) is 0 Å². The summed E-state index contributed by atoms with van der Waals surface area (Å²) in [6, 6.07) is 2.32. The molecule has 2 aliphatic rings. The van der Waals surface area contributed by atoms with Crippen LogP contribution in [0, 0.1) is 11.3 Å². The zero-order valence-electron chi connectivity index (χ0n) is 16.9. The Hall–Kier alpha value is -1.67. The van der Waals surface area contributed by atoms with Gasteiger partial charge in [0.25, 0.3) is 0 Å². The first-order chi connectivity index (χ1) is 14.6. The van der Waals surface area contributed by atoms with Crippen LogP contribution in [-0.2, 0) is 22.4 Å². The lowest BCUT2D eigenvalue weighted by Gasteiger charge is -2.09. The molecule has 3 heterocycles. The van der Waals surface area contributed by atoms with Crippen molar-refractivity contribution in [2.75, 3.05) is 23.8 Å². The van der Waals surface area contributed by atoms with E-state index in [-0.39, 0.29) is 17.3 Å². The van der Waals surface area contributed by atoms with Crippen LogP contribution in [0.15, 0.2) is 4.34 Å². The number of aryl methyl sites for hydroxylation is 1. The molecule has 160 valence electrons. The Balaban J connectivity index is 1.34. The molecule has 2 atom stereocenters. The molecule has 7 nitrogen and oxygen atoms in total. The highest BCUT2D eigenvalue weighted by atomic mass is 32.2. The summed E-state index contributed by atoms with van der Waals surface area (Å²) in [4.78, 5) is 14.0. The number of hydrogen-bond donors (Lipinski definition) is 2. The van der Waals surface area contributed by atoms with Crippen LogP contribution in [0.4, 0.5) is 10.1 Å². The van der Waals surface area contributed by atoms with Gasteiger partial charge in [0.15, 0.2) is 4.34 Å². The average Bonchev–Trinajstić information content (AvgIpc) is 3.44. The van der Waals surface area contributed by atoms with E-state index >= 15 is 0 Å². The zero-order chi connectivity index (χ0) is 20.9. The number of carbonyl (C=O) groups is 1. The van der Waals surface area contributed by atoms with Gasteiger partial charge in [-0.2, -0.15) is 5.26 Å². The van der Waals surface area contributed by atoms with Crippen molar-refractivity contribution >= 4 is 50.5 Å². The lowest BCUT2D eigenvalue weighted by atomic mass is 10.1. The molecular formula is C20H25N5O2S3. The monoisotopic (exact) mass is 463 g/mol. The normalized spacial score (nSPS) is 19.5. The second kappa shape index (κ2) is 10.1. The van der Waals surface area contributed by atoms with Crippen molar-refractivity contribution in [3.05, 3.63) is 16.0 Å². The molecule has 1 amide bonds. The van der Waals surface area contributed by atoms with Gasteiger partial charge in [-0.15, -0.1) is 21.5 Å². The van der Waals surface area contributed by atoms with Crippen LogP contribution in [0.25, 0.3) is 0 Å². The first kappa shape index (κ1) is 21.6. The Labute approximate surface area is 188 Å². The molecule has 0 saturated carbocycles. The molecule has 0 spiro atoms. The molecule has 2 N–H and O–H groups in total. The van der Waals surface area contributed by atoms with Crippen LogP contribution in [0.5, 0.6) is 0 Å². The van der Waals surface area contributed by atoms with Gasteiger partial charge in [-0.3, -0.25) is 4.79 Å². The number of amides is 1. The molecule has 1 aliphatic carbocycles. The maximum absolute atomic E-state index is 12.8. The van der Waals surface area contributed by atoms with E-state index in [0.29, 0.717) is 10.6 Å². The lowest BCUT2D eigenvalue weighted by molar-refractivity contribution is -0.115. The highest BCUT2D eigenvalue weighted by Gasteiger charge is 2.24. The number of thiophene rings is 1. The number of fused-ring (bicyclic) bond motifs is 1. The Bertz CT molecular complexity index is 930. The highest BCUT2D eigenvalue weighted by molar-refractivity contribution is 8.02. The predicted octanol–water partition coefficient (Wildman–Crippen LogP) is 4.45. The molecule has 1 aliphatic heterocycles. The highest BCUT2D eigenvalue weighted by Crippen LogP contribution is 2.37. The van der Waals surface area contributed by atoms with E-state index in [1.807, 2.05) is 6.92 Å². The van der Waals surface area contributed by atoms with Gasteiger partial charge in [-0.05, 0) is 51.0 Å². The van der Waals surface area contributed by atoms with Crippen LogP contribution >= 0.6 is 34.4 Å². The molecule has 2 aromatic rings. The topological polar surface area (TPSA) is 99.9 Å². The van der Waals surface area contributed by atoms with E-state index in [1.165, 1.54) is 34.4 Å². The summed E-state index contributed by atoms with van der Waals surface area (Å²) in [5.74, 6) is -0.114. The van der Waals surface area contributed by atoms with E-state index in [4.69, 9.17) is 4.74 Å². The maximum atomic E-state index is 12.8. The van der Waals surface area contributed by atoms with E-state index in [1.54, 1.807) is 11.3 Å². The van der Waals surface area contributed by atoms with Crippen molar-refractivity contribution in [1.29, 1.82) is 5.26 Å². The Morgan fingerprint density at radius 3 is 2.97 bits per heavy atom. The summed E-state index contributed by atoms with van der Waals surface area (Å²) >= 11 is 4.39. The summed E-state index contributed by atoms with van der Waals surface area (Å²) in [6.45, 7) is 3.41. The number of rotatable bonds is 7. The summed E-state index contributed by atoms with van der Waals surface area (Å²) < 4.78 is 6.35. The summed E-state index contributed by atoms with van der Waals surface area (Å²) in [7, 11) is 0. The minimum atomic E-state index is -0.336. The number of nitrogens with one attached hydrogen (secondary N) is 2. The van der Waals surface area contributed by atoms with Crippen molar-refractivity contribution in [3.8, 4) is 6.07 Å². The molecule has 4 rings (SSSR count). The summed E-state index contributed by atoms with van der Waals surface area (Å²) in [5.41, 5.74) is 1.79. The molecule has 0 bridgehead atoms. The maximum Gasteiger partial charge on any atom is 0.238 e. The van der Waals surface area contributed by atoms with Crippen LogP contribution < -0.4 is 10.6 Å². The second-order valence-electron chi connectivity index (χ2n) is 7.52. The quantitative estimate of drug-likeness (QED) is 0.462. The Kier molecular flexibility index (Phi) is 7.25. The largest absolute Gasteiger partial charge is 0.376 e. The van der Waals surface area contributed by atoms with Crippen molar-refractivity contribution < 1.29 is 9.53 Å². The van der Waals surface area contributed by atoms with E-state index < -0.39 is 0 Å². The fourth-order valence-corrected chi connectivity index (χ4v) is 6.85. The fourth-order valence-electron chi connectivity index (χ4n) is 3.70. The van der Waals surface area contributed by atoms with Gasteiger partial charge in [0.05, 0.1) is 16.9 Å². The van der Waals surface area contributed by atoms with Crippen molar-refractivity contribution in [3.63, 3.8) is 0 Å². The third kappa shape index (κ3) is 5.14. The summed E-state index contributed by atoms with van der Waals surface area (Å²) in [6.07, 6.45) is 7.82. The number of carbonyl (C=O) groups excluding carboxylic acids is 1. The minimum absolute atomic E-state index is 0.114. The molecule has 30 heavy (non-hydrogen) atoms. The van der Waals surface area contributed by atoms with E-state index in [9.17, 15) is 10.1 Å². The molecule has 10 heteroatoms. The molecule has 0 aromatic carbocycles. The van der Waals surface area contributed by atoms with Gasteiger partial charge in [0, 0.05) is 18.0 Å². The standard InChI is InChI=1S/C20H25N5O2S3/c1-12(28-20-25-24-19(30-20)22-11-13-6-5-9-27-13)17(26)23-18-15(10-21)14-7-3-2-4-8-16(14)29-18/h12-13H,2-9,11H2,1H3,(H,22,24)(H,23,26)/t12-,13+/m0/s1. The Morgan fingerprint density at radius 2 is 2.17 bits per heavy atom. The molecule has 0 unspecified atom stereocenters. The van der Waals surface area contributed by atoms with Gasteiger partial charge in [0.1, 0.15) is 11.1 Å². The molecular weight excluding hydrogens is 438 g/mol. The van der Waals surface area contributed by atoms with Crippen LogP contribution in [0.2, 0.25) is 0 Å². The van der Waals surface area contributed by atoms with E-state index in [0.717, 1.165) is 66.7 Å². The molecule has 2 aromatic heterocycles. The third-order valence-corrected chi connectivity index (χ3v) is 8.60. The number of ether oxygens (including phenoxy) is 1. The predicted molar refractivity (Wildman–Crippen MR) is 122 cm³/mol. The molecule has 1 saturated heterocycles. The van der Waals surface area contributed by atoms with Crippen molar-refractivity contribution in [1.82, 2.24) is 10.2 Å². The number of hydrogen-bond acceptors (Lipinski definition) is 9. The SMILES string of the molecule is C[C@H](Sc1nnc(NC[C@H]2CCCO2)s1)C(=O)Nc1sc2c(c1C#N)CCCCC2. The van der Waals surface area contributed by atoms with Crippen molar-refractivity contribution in [2.45, 2.75) is 67.6 Å². The number of anilines is 2. The third-order valence-electron chi connectivity index (χ3n) is 5.33. The smallest absolute Gasteiger partial charge is 0.238 e. The zero-order valence-corrected chi connectivity index (χ0v) is 19.4. The fraction of sp³-hybridized carbons (Fsp3) is 0.600. The lowest BCUT2D eigenvalue weighted by Crippen LogP contribution is -2.22. The van der Waals surface area contributed by atoms with Crippen LogP contribution in [-0.4, -0.2) is 40.6 Å². The number of thioether (sulfide) groups is 1. The molecule has 0 radical (unpaired) electrons. The van der Waals surface area contributed by atoms with Gasteiger partial charge in [-0.25, -0.2) is 0 Å². The van der Waals surface area contributed by atoms with Gasteiger partial charge < -0.3 is 15.4 Å².